The number of allylic oxidation sites excluding steroid dienone is 6. The molecule has 0 bridgehead atoms. The van der Waals surface area contributed by atoms with E-state index in [1.54, 1.807) is 6.08 Å². The third-order valence-corrected chi connectivity index (χ3v) is 5.20. The molecular formula is C21H28O3. The Morgan fingerprint density at radius 3 is 2.62 bits per heavy atom. The van der Waals surface area contributed by atoms with Crippen LogP contribution >= 0.6 is 0 Å². The first-order valence-corrected chi connectivity index (χ1v) is 8.56. The minimum absolute atomic E-state index is 0.0654. The maximum absolute atomic E-state index is 12.6. The number of ether oxygens (including phenoxy) is 1. The summed E-state index contributed by atoms with van der Waals surface area (Å²) in [4.78, 5) is 24.8. The van der Waals surface area contributed by atoms with Crippen molar-refractivity contribution in [2.24, 2.45) is 17.3 Å². The highest BCUT2D eigenvalue weighted by atomic mass is 16.5. The van der Waals surface area contributed by atoms with Gasteiger partial charge in [-0.3, -0.25) is 9.59 Å². The third kappa shape index (κ3) is 3.61. The fourth-order valence-corrected chi connectivity index (χ4v) is 3.56. The van der Waals surface area contributed by atoms with Gasteiger partial charge in [-0.1, -0.05) is 50.3 Å². The number of hydrogen-bond acceptors (Lipinski definition) is 3. The second-order valence-electron chi connectivity index (χ2n) is 7.65. The SMILES string of the molecule is C=C/C=C\CC1=C(C)C(OC(=O)[C@@H]2[C@@H](C=C(C)C)C2(C)C)CC1=O. The fourth-order valence-electron chi connectivity index (χ4n) is 3.56. The van der Waals surface area contributed by atoms with E-state index < -0.39 is 6.10 Å². The average molecular weight is 328 g/mol. The molecule has 0 aromatic rings. The maximum atomic E-state index is 12.6. The zero-order chi connectivity index (χ0) is 18.1. The molecular weight excluding hydrogens is 300 g/mol. The molecule has 1 fully saturated rings. The van der Waals surface area contributed by atoms with Crippen molar-refractivity contribution in [2.75, 3.05) is 0 Å². The molecule has 2 aliphatic rings. The number of esters is 1. The van der Waals surface area contributed by atoms with Gasteiger partial charge in [-0.15, -0.1) is 0 Å². The van der Waals surface area contributed by atoms with Crippen LogP contribution in [0.1, 0.15) is 47.5 Å². The van der Waals surface area contributed by atoms with Crippen molar-refractivity contribution in [3.8, 4) is 0 Å². The van der Waals surface area contributed by atoms with Gasteiger partial charge in [0.2, 0.25) is 0 Å². The molecule has 0 amide bonds. The molecule has 1 unspecified atom stereocenters. The highest BCUT2D eigenvalue weighted by Crippen LogP contribution is 2.60. The van der Waals surface area contributed by atoms with Crippen LogP contribution in [-0.4, -0.2) is 17.9 Å². The summed E-state index contributed by atoms with van der Waals surface area (Å²) >= 11 is 0. The highest BCUT2D eigenvalue weighted by Gasteiger charge is 2.61. The molecule has 3 nitrogen and oxygen atoms in total. The first-order valence-electron chi connectivity index (χ1n) is 8.56. The summed E-state index contributed by atoms with van der Waals surface area (Å²) in [7, 11) is 0. The molecule has 0 aromatic carbocycles. The lowest BCUT2D eigenvalue weighted by Crippen LogP contribution is -2.20. The lowest BCUT2D eigenvalue weighted by Gasteiger charge is -2.13. The van der Waals surface area contributed by atoms with E-state index in [-0.39, 0.29) is 35.4 Å². The summed E-state index contributed by atoms with van der Waals surface area (Å²) in [6.07, 6.45) is 8.01. The Kier molecular flexibility index (Phi) is 5.32. The van der Waals surface area contributed by atoms with E-state index in [0.29, 0.717) is 6.42 Å². The molecule has 0 saturated heterocycles. The second kappa shape index (κ2) is 6.92. The Hall–Kier alpha value is -1.90. The Morgan fingerprint density at radius 1 is 1.38 bits per heavy atom. The zero-order valence-corrected chi connectivity index (χ0v) is 15.4. The number of ketones is 1. The van der Waals surface area contributed by atoms with Crippen molar-refractivity contribution in [1.29, 1.82) is 0 Å². The van der Waals surface area contributed by atoms with Crippen LogP contribution in [0.2, 0.25) is 0 Å². The normalized spacial score (nSPS) is 28.2. The average Bonchev–Trinajstić information content (AvgIpc) is 2.90. The van der Waals surface area contributed by atoms with E-state index in [4.69, 9.17) is 4.74 Å². The lowest BCUT2D eigenvalue weighted by atomic mass is 10.1. The van der Waals surface area contributed by atoms with Crippen LogP contribution in [0.4, 0.5) is 0 Å². The fraction of sp³-hybridized carbons (Fsp3) is 0.524. The Labute approximate surface area is 145 Å². The van der Waals surface area contributed by atoms with E-state index in [0.717, 1.165) is 11.1 Å². The largest absolute Gasteiger partial charge is 0.457 e. The van der Waals surface area contributed by atoms with Gasteiger partial charge in [0.15, 0.2) is 5.78 Å². The van der Waals surface area contributed by atoms with Gasteiger partial charge in [0, 0.05) is 5.57 Å². The van der Waals surface area contributed by atoms with Gasteiger partial charge < -0.3 is 4.74 Å². The molecule has 2 rings (SSSR count). The topological polar surface area (TPSA) is 43.4 Å². The smallest absolute Gasteiger partial charge is 0.310 e. The molecule has 0 spiro atoms. The summed E-state index contributed by atoms with van der Waals surface area (Å²) < 4.78 is 5.71. The molecule has 3 atom stereocenters. The van der Waals surface area contributed by atoms with Gasteiger partial charge in [-0.05, 0) is 44.1 Å². The summed E-state index contributed by atoms with van der Waals surface area (Å²) in [6.45, 7) is 13.8. The van der Waals surface area contributed by atoms with Crippen LogP contribution in [0.5, 0.6) is 0 Å². The number of Topliss-reactive ketones (excluding diaryl/α,β-unsaturated/α-hetero) is 1. The molecule has 24 heavy (non-hydrogen) atoms. The molecule has 0 aliphatic heterocycles. The minimum Gasteiger partial charge on any atom is -0.457 e. The quantitative estimate of drug-likeness (QED) is 0.408. The molecule has 1 saturated carbocycles. The number of carbonyl (C=O) groups is 2. The van der Waals surface area contributed by atoms with Gasteiger partial charge in [0.05, 0.1) is 12.3 Å². The van der Waals surface area contributed by atoms with Gasteiger partial charge in [-0.25, -0.2) is 0 Å². The van der Waals surface area contributed by atoms with Crippen molar-refractivity contribution >= 4 is 11.8 Å². The molecule has 0 heterocycles. The zero-order valence-electron chi connectivity index (χ0n) is 15.4. The van der Waals surface area contributed by atoms with Gasteiger partial charge in [0.1, 0.15) is 6.10 Å². The van der Waals surface area contributed by atoms with E-state index in [1.165, 1.54) is 5.57 Å². The number of rotatable bonds is 6. The first-order chi connectivity index (χ1) is 11.2. The second-order valence-corrected chi connectivity index (χ2v) is 7.65. The van der Waals surface area contributed by atoms with Gasteiger partial charge >= 0.3 is 5.97 Å². The first kappa shape index (κ1) is 18.4. The summed E-state index contributed by atoms with van der Waals surface area (Å²) in [5.41, 5.74) is 2.80. The molecule has 0 aromatic heterocycles. The molecule has 2 aliphatic carbocycles. The van der Waals surface area contributed by atoms with Crippen molar-refractivity contribution < 1.29 is 14.3 Å². The van der Waals surface area contributed by atoms with Gasteiger partial charge in [0.25, 0.3) is 0 Å². The van der Waals surface area contributed by atoms with E-state index in [1.807, 2.05) is 32.9 Å². The van der Waals surface area contributed by atoms with Crippen LogP contribution < -0.4 is 0 Å². The summed E-state index contributed by atoms with van der Waals surface area (Å²) in [6, 6.07) is 0. The number of hydrogen-bond donors (Lipinski definition) is 0. The van der Waals surface area contributed by atoms with E-state index in [2.05, 4.69) is 26.5 Å². The van der Waals surface area contributed by atoms with Crippen LogP contribution in [0.25, 0.3) is 0 Å². The minimum atomic E-state index is -0.402. The van der Waals surface area contributed by atoms with E-state index >= 15 is 0 Å². The maximum Gasteiger partial charge on any atom is 0.310 e. The summed E-state index contributed by atoms with van der Waals surface area (Å²) in [5, 5.41) is 0. The van der Waals surface area contributed by atoms with Crippen LogP contribution in [0.15, 0.2) is 47.6 Å². The highest BCUT2D eigenvalue weighted by molar-refractivity contribution is 6.00. The van der Waals surface area contributed by atoms with E-state index in [9.17, 15) is 9.59 Å². The standard InChI is InChI=1S/C21H28O3/c1-7-8-9-10-15-14(4)18(12-17(15)22)24-20(23)19-16(11-13(2)3)21(19,5)6/h7-9,11,16,18-19H,1,10,12H2,2-6H3/b9-8-/t16-,18?,19+/m1/s1. The summed E-state index contributed by atoms with van der Waals surface area (Å²) in [5.74, 6) is 0.0175. The molecule has 130 valence electrons. The Balaban J connectivity index is 2.05. The molecule has 3 heteroatoms. The monoisotopic (exact) mass is 328 g/mol. The predicted octanol–water partition coefficient (Wildman–Crippen LogP) is 4.56. The van der Waals surface area contributed by atoms with Gasteiger partial charge in [-0.2, -0.15) is 0 Å². The predicted molar refractivity (Wildman–Crippen MR) is 96.4 cm³/mol. The molecule has 0 radical (unpaired) electrons. The van der Waals surface area contributed by atoms with Crippen molar-refractivity contribution in [3.05, 3.63) is 47.6 Å². The van der Waals surface area contributed by atoms with Crippen LogP contribution in [0.3, 0.4) is 0 Å². The lowest BCUT2D eigenvalue weighted by molar-refractivity contribution is -0.150. The van der Waals surface area contributed by atoms with Crippen molar-refractivity contribution in [2.45, 2.75) is 53.6 Å². The van der Waals surface area contributed by atoms with Crippen LogP contribution in [-0.2, 0) is 14.3 Å². The number of carbonyl (C=O) groups excluding carboxylic acids is 2. The van der Waals surface area contributed by atoms with Crippen molar-refractivity contribution in [3.63, 3.8) is 0 Å². The van der Waals surface area contributed by atoms with Crippen molar-refractivity contribution in [1.82, 2.24) is 0 Å². The van der Waals surface area contributed by atoms with Crippen LogP contribution in [0, 0.1) is 17.3 Å². The Morgan fingerprint density at radius 2 is 2.04 bits per heavy atom. The third-order valence-electron chi connectivity index (χ3n) is 5.20. The molecule has 0 N–H and O–H groups in total. The Bertz CT molecular complexity index is 642.